The van der Waals surface area contributed by atoms with E-state index in [1.165, 1.54) is 16.9 Å². The molecule has 0 radical (unpaired) electrons. The minimum Gasteiger partial charge on any atom is -0.370 e. The summed E-state index contributed by atoms with van der Waals surface area (Å²) in [5, 5.41) is 19.1. The van der Waals surface area contributed by atoms with Gasteiger partial charge in [0.15, 0.2) is 0 Å². The Bertz CT molecular complexity index is 1280. The number of hydrogen-bond donors (Lipinski definition) is 0. The molecule has 0 saturated heterocycles. The van der Waals surface area contributed by atoms with Crippen molar-refractivity contribution in [3.8, 4) is 6.07 Å². The minimum atomic E-state index is 0.483. The van der Waals surface area contributed by atoms with Crippen LogP contribution in [0.4, 0.5) is 16.5 Å². The smallest absolute Gasteiger partial charge is 0.231 e. The first-order chi connectivity index (χ1) is 16.1. The van der Waals surface area contributed by atoms with Gasteiger partial charge in [0.1, 0.15) is 0 Å². The van der Waals surface area contributed by atoms with Crippen LogP contribution in [-0.2, 0) is 6.42 Å². The van der Waals surface area contributed by atoms with Crippen LogP contribution in [0.25, 0.3) is 10.2 Å². The molecule has 1 heterocycles. The van der Waals surface area contributed by atoms with E-state index >= 15 is 0 Å². The Morgan fingerprint density at radius 2 is 1.73 bits per heavy atom. The van der Waals surface area contributed by atoms with Crippen molar-refractivity contribution in [3.63, 3.8) is 0 Å². The number of azo groups is 1. The predicted octanol–water partition coefficient (Wildman–Crippen LogP) is 8.37. The summed E-state index contributed by atoms with van der Waals surface area (Å²) in [6, 6.07) is 24.1. The van der Waals surface area contributed by atoms with E-state index in [4.69, 9.17) is 28.5 Å². The molecule has 0 aliphatic rings. The van der Waals surface area contributed by atoms with Crippen LogP contribution in [0.5, 0.6) is 0 Å². The molecule has 5 nitrogen and oxygen atoms in total. The zero-order valence-electron chi connectivity index (χ0n) is 17.8. The lowest BCUT2D eigenvalue weighted by molar-refractivity contribution is 0.730. The number of aromatic nitrogens is 1. The average molecular weight is 494 g/mol. The fraction of sp³-hybridized carbons (Fsp3) is 0.200. The van der Waals surface area contributed by atoms with Crippen LogP contribution >= 0.6 is 34.5 Å². The van der Waals surface area contributed by atoms with Crippen molar-refractivity contribution >= 4 is 61.3 Å². The van der Waals surface area contributed by atoms with Crippen LogP contribution in [0.1, 0.15) is 18.4 Å². The fourth-order valence-corrected chi connectivity index (χ4v) is 4.79. The molecular weight excluding hydrogens is 473 g/mol. The van der Waals surface area contributed by atoms with E-state index < -0.39 is 0 Å². The molecule has 0 N–H and O–H groups in total. The van der Waals surface area contributed by atoms with Crippen molar-refractivity contribution in [2.75, 3.05) is 18.0 Å². The summed E-state index contributed by atoms with van der Waals surface area (Å²) in [5.41, 5.74) is 3.87. The van der Waals surface area contributed by atoms with Crippen LogP contribution < -0.4 is 4.90 Å². The maximum Gasteiger partial charge on any atom is 0.231 e. The fourth-order valence-electron chi connectivity index (χ4n) is 3.47. The zero-order valence-corrected chi connectivity index (χ0v) is 20.1. The number of nitrogens with zero attached hydrogens (tertiary/aromatic N) is 5. The van der Waals surface area contributed by atoms with Crippen LogP contribution in [0.3, 0.4) is 0 Å². The van der Waals surface area contributed by atoms with Crippen LogP contribution in [-0.4, -0.2) is 18.1 Å². The maximum absolute atomic E-state index is 9.05. The monoisotopic (exact) mass is 493 g/mol. The molecule has 0 saturated carbocycles. The van der Waals surface area contributed by atoms with Crippen molar-refractivity contribution in [3.05, 3.63) is 82.3 Å². The maximum atomic E-state index is 9.05. The molecule has 0 spiro atoms. The Morgan fingerprint density at radius 1 is 0.939 bits per heavy atom. The number of hydrogen-bond acceptors (Lipinski definition) is 6. The van der Waals surface area contributed by atoms with E-state index in [1.807, 2.05) is 36.4 Å². The predicted molar refractivity (Wildman–Crippen MR) is 137 cm³/mol. The number of anilines is 1. The molecule has 0 fully saturated rings. The van der Waals surface area contributed by atoms with E-state index in [1.54, 1.807) is 6.07 Å². The summed E-state index contributed by atoms with van der Waals surface area (Å²) in [5.74, 6) is 0. The van der Waals surface area contributed by atoms with Gasteiger partial charge in [0.25, 0.3) is 0 Å². The van der Waals surface area contributed by atoms with Crippen LogP contribution in [0.2, 0.25) is 10.0 Å². The van der Waals surface area contributed by atoms with E-state index in [0.717, 1.165) is 41.0 Å². The van der Waals surface area contributed by atoms with Crippen LogP contribution in [0, 0.1) is 11.3 Å². The lowest BCUT2D eigenvalue weighted by atomic mass is 10.1. The van der Waals surface area contributed by atoms with Gasteiger partial charge >= 0.3 is 0 Å². The first-order valence-electron chi connectivity index (χ1n) is 10.6. The summed E-state index contributed by atoms with van der Waals surface area (Å²) in [6.07, 6.45) is 2.51. The van der Waals surface area contributed by atoms with Crippen LogP contribution in [0.15, 0.2) is 77.0 Å². The second-order valence-electron chi connectivity index (χ2n) is 7.41. The van der Waals surface area contributed by atoms with Gasteiger partial charge in [-0.05, 0) is 54.8 Å². The number of fused-ring (bicyclic) bond motifs is 1. The van der Waals surface area contributed by atoms with Gasteiger partial charge in [0.05, 0.1) is 38.4 Å². The summed E-state index contributed by atoms with van der Waals surface area (Å²) in [6.45, 7) is 1.58. The number of aryl methyl sites for hydroxylation is 1. The number of benzene rings is 3. The van der Waals surface area contributed by atoms with Gasteiger partial charge in [-0.15, -0.1) is 10.2 Å². The van der Waals surface area contributed by atoms with Gasteiger partial charge in [-0.2, -0.15) is 5.26 Å². The second kappa shape index (κ2) is 11.2. The average Bonchev–Trinajstić information content (AvgIpc) is 3.27. The van der Waals surface area contributed by atoms with Crippen molar-refractivity contribution in [2.45, 2.75) is 19.3 Å². The molecule has 0 bridgehead atoms. The van der Waals surface area contributed by atoms with E-state index in [-0.39, 0.29) is 0 Å². The third kappa shape index (κ3) is 6.08. The number of rotatable bonds is 9. The van der Waals surface area contributed by atoms with Gasteiger partial charge in [-0.3, -0.25) is 0 Å². The summed E-state index contributed by atoms with van der Waals surface area (Å²) >= 11 is 13.7. The standard InChI is InChI=1S/C25H21Cl2N5S/c26-21-13-14-22-24(23(21)27)33-25(29-22)31-30-19-9-11-20(12-10-19)32(17-5-15-28)16-4-8-18-6-2-1-3-7-18/h1-3,6-7,9-14H,4-5,8,16-17H2. The van der Waals surface area contributed by atoms with Crippen molar-refractivity contribution < 1.29 is 0 Å². The van der Waals surface area contributed by atoms with Gasteiger partial charge in [-0.25, -0.2) is 4.98 Å². The lowest BCUT2D eigenvalue weighted by Crippen LogP contribution is -2.25. The third-order valence-corrected chi connectivity index (χ3v) is 7.02. The first-order valence-corrected chi connectivity index (χ1v) is 12.1. The molecule has 1 aromatic heterocycles. The van der Waals surface area contributed by atoms with E-state index in [2.05, 4.69) is 50.4 Å². The Balaban J connectivity index is 1.42. The highest BCUT2D eigenvalue weighted by Gasteiger charge is 2.10. The normalized spacial score (nSPS) is 11.2. The van der Waals surface area contributed by atoms with Gasteiger partial charge in [0, 0.05) is 18.8 Å². The van der Waals surface area contributed by atoms with Crippen molar-refractivity contribution in [1.29, 1.82) is 5.26 Å². The molecule has 0 aliphatic heterocycles. The van der Waals surface area contributed by atoms with E-state index in [0.29, 0.717) is 28.1 Å². The SMILES string of the molecule is N#CCCN(CCCc1ccccc1)c1ccc(N=Nc2nc3ccc(Cl)c(Cl)c3s2)cc1. The molecule has 0 amide bonds. The summed E-state index contributed by atoms with van der Waals surface area (Å²) in [7, 11) is 0. The van der Waals surface area contributed by atoms with Crippen molar-refractivity contribution in [2.24, 2.45) is 10.2 Å². The number of nitriles is 1. The largest absolute Gasteiger partial charge is 0.370 e. The summed E-state index contributed by atoms with van der Waals surface area (Å²) < 4.78 is 0.803. The van der Waals surface area contributed by atoms with Crippen molar-refractivity contribution in [1.82, 2.24) is 4.98 Å². The first kappa shape index (κ1) is 23.2. The number of halogens is 2. The quantitative estimate of drug-likeness (QED) is 0.220. The molecule has 0 unspecified atom stereocenters. The van der Waals surface area contributed by atoms with Gasteiger partial charge in [0.2, 0.25) is 5.13 Å². The minimum absolute atomic E-state index is 0.483. The molecule has 166 valence electrons. The molecule has 4 rings (SSSR count). The number of thiazole rings is 1. The Labute approximate surface area is 206 Å². The Morgan fingerprint density at radius 3 is 2.48 bits per heavy atom. The highest BCUT2D eigenvalue weighted by molar-refractivity contribution is 7.22. The highest BCUT2D eigenvalue weighted by atomic mass is 35.5. The Hall–Kier alpha value is -2.98. The third-order valence-electron chi connectivity index (χ3n) is 5.13. The molecule has 8 heteroatoms. The molecule has 3 aromatic carbocycles. The van der Waals surface area contributed by atoms with E-state index in [9.17, 15) is 0 Å². The molecule has 0 aliphatic carbocycles. The molecule has 0 atom stereocenters. The molecular formula is C25H21Cl2N5S. The Kier molecular flexibility index (Phi) is 7.90. The van der Waals surface area contributed by atoms with Gasteiger partial charge in [-0.1, -0.05) is 64.9 Å². The topological polar surface area (TPSA) is 64.6 Å². The molecule has 33 heavy (non-hydrogen) atoms. The summed E-state index contributed by atoms with van der Waals surface area (Å²) in [4.78, 5) is 6.69. The second-order valence-corrected chi connectivity index (χ2v) is 9.17. The zero-order chi connectivity index (χ0) is 23.0. The lowest BCUT2D eigenvalue weighted by Gasteiger charge is -2.24. The van der Waals surface area contributed by atoms with Gasteiger partial charge < -0.3 is 4.90 Å². The molecule has 4 aromatic rings. The highest BCUT2D eigenvalue weighted by Crippen LogP contribution is 2.37.